The molecule has 2 aliphatic rings. The van der Waals surface area contributed by atoms with Gasteiger partial charge < -0.3 is 21.3 Å². The van der Waals surface area contributed by atoms with Gasteiger partial charge in [-0.3, -0.25) is 0 Å². The van der Waals surface area contributed by atoms with Crippen LogP contribution in [0.25, 0.3) is 0 Å². The highest BCUT2D eigenvalue weighted by Gasteiger charge is 2.25. The number of aromatic nitrogens is 1. The first-order valence-electron chi connectivity index (χ1n) is 7.23. The molecule has 1 atom stereocenters. The van der Waals surface area contributed by atoms with E-state index in [-0.39, 0.29) is 0 Å². The first-order chi connectivity index (χ1) is 9.29. The number of hydrogen-bond acceptors (Lipinski definition) is 5. The molecular formula is C14H23N5. The highest BCUT2D eigenvalue weighted by Crippen LogP contribution is 2.37. The number of nitrogens with one attached hydrogen (secondary N) is 2. The lowest BCUT2D eigenvalue weighted by atomic mass is 10.00. The van der Waals surface area contributed by atoms with Crippen molar-refractivity contribution in [1.29, 1.82) is 0 Å². The lowest BCUT2D eigenvalue weighted by Gasteiger charge is -2.36. The summed E-state index contributed by atoms with van der Waals surface area (Å²) in [5.74, 6) is 1.05. The maximum atomic E-state index is 6.14. The van der Waals surface area contributed by atoms with E-state index < -0.39 is 0 Å². The number of pyridine rings is 1. The second-order valence-corrected chi connectivity index (χ2v) is 5.48. The minimum Gasteiger partial charge on any atom is -0.385 e. The number of fused-ring (bicyclic) bond motifs is 1. The van der Waals surface area contributed by atoms with Crippen LogP contribution >= 0.6 is 0 Å². The van der Waals surface area contributed by atoms with Crippen molar-refractivity contribution in [2.24, 2.45) is 5.73 Å². The Kier molecular flexibility index (Phi) is 3.46. The van der Waals surface area contributed by atoms with Crippen LogP contribution in [0.5, 0.6) is 0 Å². The van der Waals surface area contributed by atoms with Crippen molar-refractivity contribution < 1.29 is 0 Å². The predicted molar refractivity (Wildman–Crippen MR) is 80.0 cm³/mol. The van der Waals surface area contributed by atoms with Crippen molar-refractivity contribution in [3.8, 4) is 0 Å². The van der Waals surface area contributed by atoms with Gasteiger partial charge in [-0.15, -0.1) is 0 Å². The summed E-state index contributed by atoms with van der Waals surface area (Å²) in [7, 11) is 1.97. The van der Waals surface area contributed by atoms with Gasteiger partial charge in [-0.2, -0.15) is 0 Å². The Morgan fingerprint density at radius 1 is 1.47 bits per heavy atom. The number of hydrogen-bond donors (Lipinski definition) is 3. The van der Waals surface area contributed by atoms with Crippen molar-refractivity contribution >= 4 is 17.2 Å². The molecular weight excluding hydrogens is 238 g/mol. The molecule has 0 saturated carbocycles. The maximum Gasteiger partial charge on any atom is 0.131 e. The fraction of sp³-hybridized carbons (Fsp3) is 0.643. The SMILES string of the molecule is CNc1cnc2c(c1N1CCCC(N)C1)CCCN2. The zero-order valence-corrected chi connectivity index (χ0v) is 11.6. The molecule has 5 heteroatoms. The monoisotopic (exact) mass is 261 g/mol. The molecule has 104 valence electrons. The molecule has 1 aromatic rings. The van der Waals surface area contributed by atoms with Crippen LogP contribution in [-0.2, 0) is 6.42 Å². The largest absolute Gasteiger partial charge is 0.385 e. The third-order valence-electron chi connectivity index (χ3n) is 4.09. The molecule has 2 aliphatic heterocycles. The highest BCUT2D eigenvalue weighted by molar-refractivity contribution is 5.78. The average molecular weight is 261 g/mol. The van der Waals surface area contributed by atoms with Crippen molar-refractivity contribution in [2.75, 3.05) is 42.2 Å². The van der Waals surface area contributed by atoms with Crippen LogP contribution in [-0.4, -0.2) is 37.7 Å². The first-order valence-corrected chi connectivity index (χ1v) is 7.23. The standard InChI is InChI=1S/C14H23N5/c1-16-12-8-18-14-11(5-2-6-17-14)13(12)19-7-3-4-10(15)9-19/h8,10,16H,2-7,9,15H2,1H3,(H,17,18). The Bertz CT molecular complexity index is 459. The normalized spacial score (nSPS) is 22.6. The van der Waals surface area contributed by atoms with Gasteiger partial charge >= 0.3 is 0 Å². The molecule has 0 bridgehead atoms. The van der Waals surface area contributed by atoms with Crippen LogP contribution < -0.4 is 21.3 Å². The molecule has 0 aliphatic carbocycles. The van der Waals surface area contributed by atoms with Crippen LogP contribution in [0.3, 0.4) is 0 Å². The molecule has 3 heterocycles. The zero-order chi connectivity index (χ0) is 13.2. The molecule has 0 radical (unpaired) electrons. The molecule has 1 fully saturated rings. The van der Waals surface area contributed by atoms with Crippen molar-refractivity contribution in [2.45, 2.75) is 31.7 Å². The molecule has 5 nitrogen and oxygen atoms in total. The number of rotatable bonds is 2. The second-order valence-electron chi connectivity index (χ2n) is 5.48. The summed E-state index contributed by atoms with van der Waals surface area (Å²) in [6.45, 7) is 3.07. The summed E-state index contributed by atoms with van der Waals surface area (Å²) >= 11 is 0. The van der Waals surface area contributed by atoms with E-state index in [9.17, 15) is 0 Å². The van der Waals surface area contributed by atoms with Gasteiger partial charge in [0.1, 0.15) is 5.82 Å². The van der Waals surface area contributed by atoms with E-state index in [1.54, 1.807) is 0 Å². The van der Waals surface area contributed by atoms with Crippen LogP contribution in [0.2, 0.25) is 0 Å². The third kappa shape index (κ3) is 2.34. The average Bonchev–Trinajstić information content (AvgIpc) is 2.46. The summed E-state index contributed by atoms with van der Waals surface area (Å²) < 4.78 is 0. The topological polar surface area (TPSA) is 66.2 Å². The Balaban J connectivity index is 2.01. The predicted octanol–water partition coefficient (Wildman–Crippen LogP) is 1.41. The number of anilines is 3. The zero-order valence-electron chi connectivity index (χ0n) is 11.6. The fourth-order valence-electron chi connectivity index (χ4n) is 3.16. The van der Waals surface area contributed by atoms with E-state index in [1.165, 1.54) is 24.1 Å². The molecule has 1 unspecified atom stereocenters. The van der Waals surface area contributed by atoms with E-state index in [0.717, 1.165) is 44.0 Å². The molecule has 0 amide bonds. The summed E-state index contributed by atoms with van der Waals surface area (Å²) in [6, 6.07) is 0.291. The minimum atomic E-state index is 0.291. The molecule has 1 aromatic heterocycles. The van der Waals surface area contributed by atoms with Gasteiger partial charge in [0.2, 0.25) is 0 Å². The van der Waals surface area contributed by atoms with Gasteiger partial charge in [-0.25, -0.2) is 4.98 Å². The lowest BCUT2D eigenvalue weighted by Crippen LogP contribution is -2.43. The van der Waals surface area contributed by atoms with E-state index in [1.807, 2.05) is 13.2 Å². The van der Waals surface area contributed by atoms with Gasteiger partial charge in [0.25, 0.3) is 0 Å². The fourth-order valence-corrected chi connectivity index (χ4v) is 3.16. The molecule has 0 aromatic carbocycles. The molecule has 4 N–H and O–H groups in total. The van der Waals surface area contributed by atoms with Crippen LogP contribution in [0.15, 0.2) is 6.20 Å². The summed E-state index contributed by atoms with van der Waals surface area (Å²) in [5, 5.41) is 6.69. The van der Waals surface area contributed by atoms with Crippen LogP contribution in [0, 0.1) is 0 Å². The third-order valence-corrected chi connectivity index (χ3v) is 4.09. The van der Waals surface area contributed by atoms with Crippen molar-refractivity contribution in [1.82, 2.24) is 4.98 Å². The summed E-state index contributed by atoms with van der Waals surface area (Å²) in [4.78, 5) is 6.97. The number of nitrogens with zero attached hydrogens (tertiary/aromatic N) is 2. The summed E-state index contributed by atoms with van der Waals surface area (Å²) in [5.41, 5.74) is 9.93. The van der Waals surface area contributed by atoms with Crippen molar-refractivity contribution in [3.05, 3.63) is 11.8 Å². The van der Waals surface area contributed by atoms with Gasteiger partial charge in [0.05, 0.1) is 17.6 Å². The van der Waals surface area contributed by atoms with E-state index in [4.69, 9.17) is 5.73 Å². The maximum absolute atomic E-state index is 6.14. The van der Waals surface area contributed by atoms with Gasteiger partial charge in [0.15, 0.2) is 0 Å². The van der Waals surface area contributed by atoms with Crippen LogP contribution in [0.1, 0.15) is 24.8 Å². The molecule has 3 rings (SSSR count). The lowest BCUT2D eigenvalue weighted by molar-refractivity contribution is 0.505. The Labute approximate surface area is 114 Å². The van der Waals surface area contributed by atoms with E-state index >= 15 is 0 Å². The Morgan fingerprint density at radius 3 is 3.16 bits per heavy atom. The minimum absolute atomic E-state index is 0.291. The number of nitrogens with two attached hydrogens (primary N) is 1. The molecule has 0 spiro atoms. The Hall–Kier alpha value is -1.49. The van der Waals surface area contributed by atoms with Crippen molar-refractivity contribution in [3.63, 3.8) is 0 Å². The molecule has 1 saturated heterocycles. The van der Waals surface area contributed by atoms with Crippen LogP contribution in [0.4, 0.5) is 17.2 Å². The van der Waals surface area contributed by atoms with E-state index in [0.29, 0.717) is 6.04 Å². The highest BCUT2D eigenvalue weighted by atomic mass is 15.2. The molecule has 19 heavy (non-hydrogen) atoms. The first kappa shape index (κ1) is 12.5. The van der Waals surface area contributed by atoms with Gasteiger partial charge in [0, 0.05) is 38.3 Å². The second kappa shape index (κ2) is 5.25. The van der Waals surface area contributed by atoms with Gasteiger partial charge in [-0.1, -0.05) is 0 Å². The van der Waals surface area contributed by atoms with Gasteiger partial charge in [-0.05, 0) is 25.7 Å². The van der Waals surface area contributed by atoms with E-state index in [2.05, 4.69) is 20.5 Å². The summed E-state index contributed by atoms with van der Waals surface area (Å²) in [6.07, 6.45) is 6.53. The Morgan fingerprint density at radius 2 is 2.37 bits per heavy atom. The smallest absolute Gasteiger partial charge is 0.131 e. The quantitative estimate of drug-likeness (QED) is 0.751. The number of piperidine rings is 1.